The van der Waals surface area contributed by atoms with Crippen molar-refractivity contribution in [2.75, 3.05) is 0 Å². The molecule has 2 radical (unpaired) electrons. The van der Waals surface area contributed by atoms with Crippen LogP contribution in [-0.2, 0) is 31.7 Å². The molecule has 0 saturated heterocycles. The van der Waals surface area contributed by atoms with E-state index >= 15 is 0 Å². The fourth-order valence-corrected chi connectivity index (χ4v) is 6.80. The van der Waals surface area contributed by atoms with Crippen molar-refractivity contribution >= 4 is 47.7 Å². The molecule has 0 aliphatic carbocycles. The van der Waals surface area contributed by atoms with E-state index in [1.165, 1.54) is 65.7 Å². The molecule has 0 nitrogen and oxygen atoms in total. The molecule has 0 bridgehead atoms. The number of benzene rings is 4. The summed E-state index contributed by atoms with van der Waals surface area (Å²) in [7, 11) is 10.7. The summed E-state index contributed by atoms with van der Waals surface area (Å²) in [5, 5.41) is 5.58. The number of hydrogen-bond donors (Lipinski definition) is 0. The van der Waals surface area contributed by atoms with Crippen LogP contribution in [0.2, 0.25) is 0 Å². The monoisotopic (exact) mass is 698 g/mol. The maximum absolute atomic E-state index is 4.93. The van der Waals surface area contributed by atoms with Gasteiger partial charge in [0.2, 0.25) is 0 Å². The zero-order valence-electron chi connectivity index (χ0n) is 26.9. The maximum Gasteiger partial charge on any atom is 0.0920 e. The van der Waals surface area contributed by atoms with Gasteiger partial charge in [-0.25, -0.2) is 0 Å². The molecule has 1 aliphatic rings. The van der Waals surface area contributed by atoms with Crippen molar-refractivity contribution in [3.63, 3.8) is 0 Å². The van der Waals surface area contributed by atoms with Gasteiger partial charge in [0.05, 0.1) is 9.52 Å². The van der Waals surface area contributed by atoms with E-state index in [1.54, 1.807) is 0 Å². The Morgan fingerprint density at radius 3 is 2.00 bits per heavy atom. The minimum Gasteiger partial charge on any atom is -0.184 e. The third-order valence-electron chi connectivity index (χ3n) is 8.07. The van der Waals surface area contributed by atoms with E-state index < -0.39 is 20.8 Å². The summed E-state index contributed by atoms with van der Waals surface area (Å²) in [5.41, 5.74) is 11.4. The predicted molar refractivity (Wildman–Crippen MR) is 189 cm³/mol. The van der Waals surface area contributed by atoms with E-state index in [9.17, 15) is 0 Å². The van der Waals surface area contributed by atoms with E-state index in [0.717, 1.165) is 9.52 Å². The molecule has 0 spiro atoms. The second-order valence-corrected chi connectivity index (χ2v) is 18.7. The second-order valence-electron chi connectivity index (χ2n) is 13.7. The van der Waals surface area contributed by atoms with Crippen molar-refractivity contribution in [1.29, 1.82) is 0 Å². The first-order chi connectivity index (χ1) is 20.2. The molecule has 6 rings (SSSR count). The fourth-order valence-electron chi connectivity index (χ4n) is 5.49. The summed E-state index contributed by atoms with van der Waals surface area (Å²) in [6.45, 7) is 20.7. The number of halogens is 2. The normalized spacial score (nSPS) is 12.1. The predicted octanol–water partition coefficient (Wildman–Crippen LogP) is 10.8. The van der Waals surface area contributed by atoms with Crippen LogP contribution in [0.1, 0.15) is 83.6 Å². The summed E-state index contributed by atoms with van der Waals surface area (Å²) in [4.78, 5) is 0. The quantitative estimate of drug-likeness (QED) is 0.125. The van der Waals surface area contributed by atoms with Gasteiger partial charge in [-0.15, -0.1) is 40.1 Å². The second kappa shape index (κ2) is 14.1. The summed E-state index contributed by atoms with van der Waals surface area (Å²) in [6, 6.07) is 34.7. The van der Waals surface area contributed by atoms with Crippen LogP contribution >= 0.6 is 17.0 Å². The molecular formula is C39H42Cl2SiZr. The van der Waals surface area contributed by atoms with Crippen LogP contribution in [0.4, 0.5) is 0 Å². The van der Waals surface area contributed by atoms with Crippen molar-refractivity contribution in [1.82, 2.24) is 0 Å². The third-order valence-corrected chi connectivity index (χ3v) is 9.44. The van der Waals surface area contributed by atoms with Gasteiger partial charge in [-0.05, 0) is 40.4 Å². The van der Waals surface area contributed by atoms with Gasteiger partial charge >= 0.3 is 37.9 Å². The van der Waals surface area contributed by atoms with Crippen molar-refractivity contribution in [2.45, 2.75) is 79.1 Å². The van der Waals surface area contributed by atoms with Gasteiger partial charge in [-0.1, -0.05) is 120 Å². The van der Waals surface area contributed by atoms with Gasteiger partial charge < -0.3 is 0 Å². The van der Waals surface area contributed by atoms with Crippen LogP contribution in [0, 0.1) is 13.0 Å². The van der Waals surface area contributed by atoms with Crippen LogP contribution in [-0.4, -0.2) is 9.52 Å². The molecule has 220 valence electrons. The van der Waals surface area contributed by atoms with Gasteiger partial charge in [0, 0.05) is 0 Å². The average Bonchev–Trinajstić information content (AvgIpc) is 3.55. The Morgan fingerprint density at radius 1 is 0.791 bits per heavy atom. The van der Waals surface area contributed by atoms with Crippen LogP contribution in [0.5, 0.6) is 0 Å². The fraction of sp³-hybridized carbons (Fsp3) is 0.308. The summed E-state index contributed by atoms with van der Waals surface area (Å²) in [6.07, 6.45) is 0. The Balaban J connectivity index is 0.000000217. The first-order valence-corrected chi connectivity index (χ1v) is 22.3. The van der Waals surface area contributed by atoms with Crippen molar-refractivity contribution in [3.05, 3.63) is 113 Å². The molecule has 0 amide bonds. The summed E-state index contributed by atoms with van der Waals surface area (Å²) >= 11 is -0.826. The molecule has 43 heavy (non-hydrogen) atoms. The van der Waals surface area contributed by atoms with Crippen LogP contribution in [0.25, 0.3) is 33.0 Å². The third kappa shape index (κ3) is 8.07. The molecule has 0 aromatic heterocycles. The first-order valence-electron chi connectivity index (χ1n) is 14.9. The van der Waals surface area contributed by atoms with E-state index in [1.807, 2.05) is 6.07 Å². The zero-order chi connectivity index (χ0) is 31.5. The van der Waals surface area contributed by atoms with Gasteiger partial charge in [0.1, 0.15) is 0 Å². The molecule has 5 aromatic rings. The zero-order valence-corrected chi connectivity index (χ0v) is 31.9. The van der Waals surface area contributed by atoms with Crippen molar-refractivity contribution in [3.8, 4) is 22.3 Å². The van der Waals surface area contributed by atoms with Gasteiger partial charge in [-0.3, -0.25) is 0 Å². The van der Waals surface area contributed by atoms with Crippen molar-refractivity contribution < 1.29 is 20.8 Å². The number of fused-ring (bicyclic) bond motifs is 4. The molecule has 0 atom stereocenters. The average molecular weight is 701 g/mol. The Hall–Kier alpha value is -1.83. The van der Waals surface area contributed by atoms with E-state index in [-0.39, 0.29) is 10.8 Å². The summed E-state index contributed by atoms with van der Waals surface area (Å²) in [5.74, 6) is 0.552. The molecule has 0 fully saturated rings. The molecule has 5 aromatic carbocycles. The first kappa shape index (κ1) is 34.1. The molecule has 0 unspecified atom stereocenters. The SMILES string of the molecule is Cc1ccc2[cH-]c(C(C)C)cc2c1-c1cc(C(C)(C)C)cc(C(C)(C)C)c1.[Cl][Zr+2][Cl].[c-]1cccc2c1[Si]c1ccccc1-2. The smallest absolute Gasteiger partial charge is 0.0920 e. The van der Waals surface area contributed by atoms with Crippen LogP contribution in [0.3, 0.4) is 0 Å². The molecule has 1 heterocycles. The van der Waals surface area contributed by atoms with Gasteiger partial charge in [0.25, 0.3) is 0 Å². The Bertz CT molecular complexity index is 1620. The Labute approximate surface area is 281 Å². The van der Waals surface area contributed by atoms with E-state index in [0.29, 0.717) is 5.92 Å². The molecule has 4 heteroatoms. The molecular weight excluding hydrogens is 659 g/mol. The van der Waals surface area contributed by atoms with Crippen LogP contribution in [0.15, 0.2) is 84.9 Å². The maximum atomic E-state index is 4.93. The number of aryl methyl sites for hydroxylation is 1. The van der Waals surface area contributed by atoms with Crippen LogP contribution < -0.4 is 10.4 Å². The van der Waals surface area contributed by atoms with E-state index in [4.69, 9.17) is 17.0 Å². The minimum absolute atomic E-state index is 0.132. The van der Waals surface area contributed by atoms with Crippen molar-refractivity contribution in [2.24, 2.45) is 0 Å². The number of hydrogen-bond acceptors (Lipinski definition) is 0. The van der Waals surface area contributed by atoms with Gasteiger partial charge in [-0.2, -0.15) is 35.5 Å². The Morgan fingerprint density at radius 2 is 1.40 bits per heavy atom. The minimum atomic E-state index is -0.826. The topological polar surface area (TPSA) is 0 Å². The molecule has 0 N–H and O–H groups in total. The summed E-state index contributed by atoms with van der Waals surface area (Å²) < 4.78 is 0. The van der Waals surface area contributed by atoms with E-state index in [2.05, 4.69) is 147 Å². The largest absolute Gasteiger partial charge is 0.184 e. The standard InChI is InChI=1S/C27H35.C12H7Si.2ClH.Zr/c1-17(2)20-12-19-11-10-18(3)25(24(19)15-20)21-13-22(26(4,5)6)16-23(14-21)27(7,8)9;1-3-7-11-9(5-1)10-6-2-4-8-12(10)13-11;;;/h10-17H,1-9H3;1-7H;2*1H;/q2*-1;;;+4/p-2. The molecule has 1 aliphatic heterocycles. The van der Waals surface area contributed by atoms with Gasteiger partial charge in [0.15, 0.2) is 0 Å². The number of rotatable bonds is 2. The molecule has 0 saturated carbocycles. The Kier molecular flexibility index (Phi) is 11.1.